The van der Waals surface area contributed by atoms with Gasteiger partial charge in [0.05, 0.1) is 11.6 Å². The van der Waals surface area contributed by atoms with E-state index in [0.29, 0.717) is 34.2 Å². The van der Waals surface area contributed by atoms with Crippen LogP contribution in [-0.2, 0) is 6.61 Å². The van der Waals surface area contributed by atoms with Gasteiger partial charge in [-0.1, -0.05) is 29.8 Å². The van der Waals surface area contributed by atoms with Crippen LogP contribution in [0.25, 0.3) is 0 Å². The number of ether oxygens (including phenoxy) is 1. The molecule has 1 N–H and O–H groups in total. The number of amides is 1. The molecule has 0 bridgehead atoms. The lowest BCUT2D eigenvalue weighted by Gasteiger charge is -2.09. The minimum absolute atomic E-state index is 0.229. The first-order chi connectivity index (χ1) is 12.7. The number of rotatable bonds is 5. The van der Waals surface area contributed by atoms with Gasteiger partial charge in [0.2, 0.25) is 0 Å². The van der Waals surface area contributed by atoms with Crippen LogP contribution in [0.15, 0.2) is 72.8 Å². The maximum atomic E-state index is 12.3. The van der Waals surface area contributed by atoms with Crippen LogP contribution >= 0.6 is 11.6 Å². The third-order valence-electron chi connectivity index (χ3n) is 3.74. The predicted octanol–water partition coefficient (Wildman–Crippen LogP) is 5.04. The number of carbonyl (C=O) groups is 1. The number of halogens is 1. The number of anilines is 1. The van der Waals surface area contributed by atoms with E-state index < -0.39 is 0 Å². The first kappa shape index (κ1) is 17.5. The monoisotopic (exact) mass is 362 g/mol. The summed E-state index contributed by atoms with van der Waals surface area (Å²) >= 11 is 6.10. The molecule has 3 rings (SSSR count). The molecular formula is C21H15ClN2O2. The number of nitrogens with zero attached hydrogens (tertiary/aromatic N) is 1. The van der Waals surface area contributed by atoms with E-state index in [0.717, 1.165) is 5.56 Å². The first-order valence-corrected chi connectivity index (χ1v) is 8.31. The van der Waals surface area contributed by atoms with E-state index in [1.54, 1.807) is 48.5 Å². The van der Waals surface area contributed by atoms with Gasteiger partial charge in [0.15, 0.2) is 0 Å². The zero-order chi connectivity index (χ0) is 18.4. The van der Waals surface area contributed by atoms with E-state index in [9.17, 15) is 4.79 Å². The van der Waals surface area contributed by atoms with Gasteiger partial charge in [-0.25, -0.2) is 0 Å². The van der Waals surface area contributed by atoms with Gasteiger partial charge in [0.25, 0.3) is 5.91 Å². The molecule has 0 spiro atoms. The van der Waals surface area contributed by atoms with Gasteiger partial charge in [-0.3, -0.25) is 4.79 Å². The van der Waals surface area contributed by atoms with E-state index in [4.69, 9.17) is 21.6 Å². The molecule has 0 aliphatic rings. The third kappa shape index (κ3) is 4.41. The summed E-state index contributed by atoms with van der Waals surface area (Å²) in [6.07, 6.45) is 0. The number of hydrogen-bond donors (Lipinski definition) is 1. The fraction of sp³-hybridized carbons (Fsp3) is 0.0476. The lowest BCUT2D eigenvalue weighted by atomic mass is 10.2. The molecule has 3 aromatic rings. The zero-order valence-corrected chi connectivity index (χ0v) is 14.5. The Morgan fingerprint density at radius 3 is 2.35 bits per heavy atom. The Hall–Kier alpha value is -3.29. The molecule has 0 heterocycles. The number of nitriles is 1. The molecule has 0 saturated heterocycles. The van der Waals surface area contributed by atoms with Crippen molar-refractivity contribution < 1.29 is 9.53 Å². The van der Waals surface area contributed by atoms with Crippen molar-refractivity contribution in [3.05, 3.63) is 94.5 Å². The molecule has 0 saturated carbocycles. The highest BCUT2D eigenvalue weighted by molar-refractivity contribution is 6.31. The fourth-order valence-electron chi connectivity index (χ4n) is 2.31. The first-order valence-electron chi connectivity index (χ1n) is 7.93. The predicted molar refractivity (Wildman–Crippen MR) is 101 cm³/mol. The van der Waals surface area contributed by atoms with Gasteiger partial charge in [-0.15, -0.1) is 0 Å². The number of carbonyl (C=O) groups excluding carboxylic acids is 1. The molecule has 26 heavy (non-hydrogen) atoms. The lowest BCUT2D eigenvalue weighted by Crippen LogP contribution is -2.11. The number of nitrogens with one attached hydrogen (secondary N) is 1. The van der Waals surface area contributed by atoms with Crippen LogP contribution in [0.4, 0.5) is 5.69 Å². The Morgan fingerprint density at radius 1 is 1.00 bits per heavy atom. The van der Waals surface area contributed by atoms with Crippen LogP contribution in [-0.4, -0.2) is 5.91 Å². The molecule has 0 aliphatic carbocycles. The summed E-state index contributed by atoms with van der Waals surface area (Å²) in [4.78, 5) is 12.3. The van der Waals surface area contributed by atoms with Crippen molar-refractivity contribution in [3.8, 4) is 11.8 Å². The molecule has 0 aliphatic heterocycles. The molecule has 128 valence electrons. The highest BCUT2D eigenvalue weighted by Crippen LogP contribution is 2.19. The van der Waals surface area contributed by atoms with Crippen molar-refractivity contribution in [2.45, 2.75) is 6.61 Å². The minimum Gasteiger partial charge on any atom is -0.489 e. The van der Waals surface area contributed by atoms with Crippen LogP contribution < -0.4 is 10.1 Å². The highest BCUT2D eigenvalue weighted by Gasteiger charge is 2.07. The van der Waals surface area contributed by atoms with Crippen molar-refractivity contribution in [1.82, 2.24) is 0 Å². The van der Waals surface area contributed by atoms with Crippen molar-refractivity contribution in [2.24, 2.45) is 0 Å². The lowest BCUT2D eigenvalue weighted by molar-refractivity contribution is 0.102. The van der Waals surface area contributed by atoms with Crippen molar-refractivity contribution in [3.63, 3.8) is 0 Å². The number of hydrogen-bond acceptors (Lipinski definition) is 3. The third-order valence-corrected chi connectivity index (χ3v) is 4.11. The second-order valence-electron chi connectivity index (χ2n) is 5.55. The summed E-state index contributed by atoms with van der Waals surface area (Å²) in [5.41, 5.74) is 2.59. The van der Waals surface area contributed by atoms with Crippen molar-refractivity contribution in [2.75, 3.05) is 5.32 Å². The molecule has 5 heteroatoms. The Balaban J connectivity index is 1.60. The Morgan fingerprint density at radius 2 is 1.69 bits per heavy atom. The standard InChI is InChI=1S/C21H15ClN2O2/c22-20-4-2-1-3-17(20)14-26-19-11-7-16(8-12-19)21(25)24-18-9-5-15(13-23)6-10-18/h1-12H,14H2,(H,24,25). The summed E-state index contributed by atoms with van der Waals surface area (Å²) in [6, 6.07) is 23.1. The van der Waals surface area contributed by atoms with E-state index in [2.05, 4.69) is 5.32 Å². The van der Waals surface area contributed by atoms with Crippen LogP contribution in [0.3, 0.4) is 0 Å². The highest BCUT2D eigenvalue weighted by atomic mass is 35.5. The quantitative estimate of drug-likeness (QED) is 0.691. The average molecular weight is 363 g/mol. The fourth-order valence-corrected chi connectivity index (χ4v) is 2.50. The van der Waals surface area contributed by atoms with Crippen LogP contribution in [0, 0.1) is 11.3 Å². The largest absolute Gasteiger partial charge is 0.489 e. The van der Waals surface area contributed by atoms with Gasteiger partial charge < -0.3 is 10.1 Å². The molecule has 0 radical (unpaired) electrons. The van der Waals surface area contributed by atoms with Gasteiger partial charge in [-0.2, -0.15) is 5.26 Å². The van der Waals surface area contributed by atoms with E-state index in [1.165, 1.54) is 0 Å². The molecule has 3 aromatic carbocycles. The Bertz CT molecular complexity index is 945. The Kier molecular flexibility index (Phi) is 5.52. The SMILES string of the molecule is N#Cc1ccc(NC(=O)c2ccc(OCc3ccccc3Cl)cc2)cc1. The van der Waals surface area contributed by atoms with E-state index >= 15 is 0 Å². The van der Waals surface area contributed by atoms with Crippen LogP contribution in [0.2, 0.25) is 5.02 Å². The van der Waals surface area contributed by atoms with E-state index in [1.807, 2.05) is 30.3 Å². The average Bonchev–Trinajstić information content (AvgIpc) is 2.68. The second kappa shape index (κ2) is 8.19. The summed E-state index contributed by atoms with van der Waals surface area (Å²) in [7, 11) is 0. The molecule has 0 atom stereocenters. The van der Waals surface area contributed by atoms with Crippen LogP contribution in [0.5, 0.6) is 5.75 Å². The summed E-state index contributed by atoms with van der Waals surface area (Å²) in [5, 5.41) is 12.2. The van der Waals surface area contributed by atoms with E-state index in [-0.39, 0.29) is 5.91 Å². The smallest absolute Gasteiger partial charge is 0.255 e. The van der Waals surface area contributed by atoms with Gasteiger partial charge in [0, 0.05) is 21.8 Å². The topological polar surface area (TPSA) is 62.1 Å². The molecular weight excluding hydrogens is 348 g/mol. The Labute approximate surface area is 156 Å². The molecule has 1 amide bonds. The molecule has 4 nitrogen and oxygen atoms in total. The van der Waals surface area contributed by atoms with Gasteiger partial charge in [0.1, 0.15) is 12.4 Å². The maximum absolute atomic E-state index is 12.3. The minimum atomic E-state index is -0.229. The van der Waals surface area contributed by atoms with Gasteiger partial charge in [-0.05, 0) is 54.6 Å². The maximum Gasteiger partial charge on any atom is 0.255 e. The van der Waals surface area contributed by atoms with Crippen molar-refractivity contribution in [1.29, 1.82) is 5.26 Å². The van der Waals surface area contributed by atoms with Crippen LogP contribution in [0.1, 0.15) is 21.5 Å². The number of benzene rings is 3. The summed E-state index contributed by atoms with van der Waals surface area (Å²) in [6.45, 7) is 0.358. The molecule has 0 aromatic heterocycles. The van der Waals surface area contributed by atoms with Gasteiger partial charge >= 0.3 is 0 Å². The molecule has 0 unspecified atom stereocenters. The summed E-state index contributed by atoms with van der Waals surface area (Å²) in [5.74, 6) is 0.423. The molecule has 0 fully saturated rings. The second-order valence-corrected chi connectivity index (χ2v) is 5.95. The zero-order valence-electron chi connectivity index (χ0n) is 13.8. The summed E-state index contributed by atoms with van der Waals surface area (Å²) < 4.78 is 5.70. The van der Waals surface area contributed by atoms with Crippen molar-refractivity contribution >= 4 is 23.2 Å². The normalized spacial score (nSPS) is 10.0.